The van der Waals surface area contributed by atoms with Gasteiger partial charge in [-0.15, -0.1) is 0 Å². The van der Waals surface area contributed by atoms with Crippen LogP contribution in [0.4, 0.5) is 5.69 Å². The minimum Gasteiger partial charge on any atom is -0.496 e. The number of methoxy groups -OCH3 is 1. The summed E-state index contributed by atoms with van der Waals surface area (Å²) in [5, 5.41) is 2.93. The van der Waals surface area contributed by atoms with E-state index in [1.165, 1.54) is 11.2 Å². The van der Waals surface area contributed by atoms with Crippen LogP contribution in [0.15, 0.2) is 47.4 Å². The van der Waals surface area contributed by atoms with E-state index in [0.29, 0.717) is 38.1 Å². The number of sulfonamides is 1. The molecule has 2 atom stereocenters. The molecule has 34 heavy (non-hydrogen) atoms. The Balaban J connectivity index is 1.46. The van der Waals surface area contributed by atoms with Gasteiger partial charge in [0.25, 0.3) is 0 Å². The predicted octanol–water partition coefficient (Wildman–Crippen LogP) is 2.71. The molecule has 0 aromatic heterocycles. The van der Waals surface area contributed by atoms with E-state index in [9.17, 15) is 18.0 Å². The summed E-state index contributed by atoms with van der Waals surface area (Å²) in [4.78, 5) is 26.8. The van der Waals surface area contributed by atoms with Gasteiger partial charge in [0.05, 0.1) is 17.9 Å². The van der Waals surface area contributed by atoms with E-state index in [1.54, 1.807) is 30.2 Å². The number of para-hydroxylation sites is 1. The molecule has 2 aromatic carbocycles. The number of hydrogen-bond acceptors (Lipinski definition) is 5. The van der Waals surface area contributed by atoms with Gasteiger partial charge in [-0.2, -0.15) is 4.31 Å². The first-order chi connectivity index (χ1) is 16.2. The van der Waals surface area contributed by atoms with Gasteiger partial charge in [-0.25, -0.2) is 8.42 Å². The number of benzene rings is 2. The van der Waals surface area contributed by atoms with Crippen LogP contribution in [-0.4, -0.2) is 50.8 Å². The Hall–Kier alpha value is -2.91. The lowest BCUT2D eigenvalue weighted by Gasteiger charge is -2.31. The van der Waals surface area contributed by atoms with Gasteiger partial charge in [-0.3, -0.25) is 9.59 Å². The van der Waals surface area contributed by atoms with E-state index in [2.05, 4.69) is 5.32 Å². The molecule has 2 aliphatic heterocycles. The minimum atomic E-state index is -3.75. The van der Waals surface area contributed by atoms with Gasteiger partial charge in [0.15, 0.2) is 0 Å². The molecule has 2 aromatic rings. The second kappa shape index (κ2) is 9.76. The van der Waals surface area contributed by atoms with Crippen LogP contribution in [0.3, 0.4) is 0 Å². The number of hydrogen-bond donors (Lipinski definition) is 1. The number of ether oxygens (including phenoxy) is 1. The Morgan fingerprint density at radius 3 is 2.68 bits per heavy atom. The van der Waals surface area contributed by atoms with Gasteiger partial charge >= 0.3 is 0 Å². The molecular weight excluding hydrogens is 454 g/mol. The van der Waals surface area contributed by atoms with E-state index in [1.807, 2.05) is 31.2 Å². The minimum absolute atomic E-state index is 0.00300. The van der Waals surface area contributed by atoms with Crippen molar-refractivity contribution in [2.75, 3.05) is 25.1 Å². The van der Waals surface area contributed by atoms with Crippen LogP contribution in [0.5, 0.6) is 5.75 Å². The van der Waals surface area contributed by atoms with Crippen molar-refractivity contribution in [3.8, 4) is 5.75 Å². The third-order valence-corrected chi connectivity index (χ3v) is 8.51. The fourth-order valence-corrected chi connectivity index (χ4v) is 6.52. The standard InChI is InChI=1S/C25H31N3O5S/c1-17-13-21-14-22(10-11-23(21)28(17)18(2)29)34(31,32)27-12-6-8-20(16-27)25(30)26-15-19-7-4-5-9-24(19)33-3/h4-5,7,9-11,14,17,20H,6,8,12-13,15-16H2,1-3H3,(H,26,30)/t17-,20-/m0/s1. The third kappa shape index (κ3) is 4.67. The van der Waals surface area contributed by atoms with Crippen LogP contribution in [0.25, 0.3) is 0 Å². The van der Waals surface area contributed by atoms with Crippen LogP contribution < -0.4 is 15.0 Å². The highest BCUT2D eigenvalue weighted by atomic mass is 32.2. The van der Waals surface area contributed by atoms with Gasteiger partial charge < -0.3 is 15.0 Å². The van der Waals surface area contributed by atoms with Crippen molar-refractivity contribution in [2.24, 2.45) is 5.92 Å². The lowest BCUT2D eigenvalue weighted by atomic mass is 9.98. The summed E-state index contributed by atoms with van der Waals surface area (Å²) in [6, 6.07) is 12.4. The van der Waals surface area contributed by atoms with Crippen LogP contribution in [-0.2, 0) is 32.6 Å². The number of nitrogens with zero attached hydrogens (tertiary/aromatic N) is 2. The molecule has 2 amide bonds. The number of carbonyl (C=O) groups excluding carboxylic acids is 2. The van der Waals surface area contributed by atoms with Gasteiger partial charge in [-0.05, 0) is 56.0 Å². The maximum Gasteiger partial charge on any atom is 0.243 e. The molecule has 4 rings (SSSR count). The average Bonchev–Trinajstić information content (AvgIpc) is 3.17. The van der Waals surface area contributed by atoms with Crippen molar-refractivity contribution in [2.45, 2.75) is 50.6 Å². The van der Waals surface area contributed by atoms with E-state index < -0.39 is 15.9 Å². The van der Waals surface area contributed by atoms with Gasteiger partial charge in [0.1, 0.15) is 5.75 Å². The highest BCUT2D eigenvalue weighted by Crippen LogP contribution is 2.35. The molecule has 1 fully saturated rings. The quantitative estimate of drug-likeness (QED) is 0.679. The van der Waals surface area contributed by atoms with Crippen molar-refractivity contribution in [3.05, 3.63) is 53.6 Å². The second-order valence-electron chi connectivity index (χ2n) is 8.96. The summed E-state index contributed by atoms with van der Waals surface area (Å²) < 4.78 is 33.6. The van der Waals surface area contributed by atoms with E-state index in [-0.39, 0.29) is 29.3 Å². The highest BCUT2D eigenvalue weighted by Gasteiger charge is 2.35. The molecule has 2 aliphatic rings. The third-order valence-electron chi connectivity index (χ3n) is 6.64. The number of amides is 2. The van der Waals surface area contributed by atoms with Crippen molar-refractivity contribution in [3.63, 3.8) is 0 Å². The molecule has 0 unspecified atom stereocenters. The second-order valence-corrected chi connectivity index (χ2v) is 10.9. The largest absolute Gasteiger partial charge is 0.496 e. The molecule has 0 bridgehead atoms. The van der Waals surface area contributed by atoms with Crippen LogP contribution in [0.2, 0.25) is 0 Å². The first kappa shape index (κ1) is 24.2. The van der Waals surface area contributed by atoms with Crippen molar-refractivity contribution in [1.29, 1.82) is 0 Å². The van der Waals surface area contributed by atoms with Crippen molar-refractivity contribution < 1.29 is 22.7 Å². The number of piperidine rings is 1. The molecule has 182 valence electrons. The maximum atomic E-state index is 13.4. The Morgan fingerprint density at radius 1 is 1.18 bits per heavy atom. The molecule has 0 aliphatic carbocycles. The molecule has 2 heterocycles. The summed E-state index contributed by atoms with van der Waals surface area (Å²) in [5.74, 6) is 0.0661. The summed E-state index contributed by atoms with van der Waals surface area (Å²) in [6.07, 6.45) is 1.87. The molecule has 0 saturated carbocycles. The summed E-state index contributed by atoms with van der Waals surface area (Å²) in [6.45, 7) is 4.32. The van der Waals surface area contributed by atoms with Crippen molar-refractivity contribution in [1.82, 2.24) is 9.62 Å². The van der Waals surface area contributed by atoms with Crippen LogP contribution in [0.1, 0.15) is 37.8 Å². The highest BCUT2D eigenvalue weighted by molar-refractivity contribution is 7.89. The number of carbonyl (C=O) groups is 2. The number of rotatable bonds is 6. The Bertz CT molecular complexity index is 1200. The fraction of sp³-hybridized carbons (Fsp3) is 0.440. The zero-order valence-corrected chi connectivity index (χ0v) is 20.6. The topological polar surface area (TPSA) is 96.0 Å². The Morgan fingerprint density at radius 2 is 1.94 bits per heavy atom. The molecule has 0 radical (unpaired) electrons. The van der Waals surface area contributed by atoms with Gasteiger partial charge in [0, 0.05) is 43.9 Å². The first-order valence-corrected chi connectivity index (χ1v) is 13.0. The van der Waals surface area contributed by atoms with E-state index in [4.69, 9.17) is 4.74 Å². The molecular formula is C25H31N3O5S. The fourth-order valence-electron chi connectivity index (χ4n) is 4.95. The Labute approximate surface area is 200 Å². The smallest absolute Gasteiger partial charge is 0.243 e. The lowest BCUT2D eigenvalue weighted by molar-refractivity contribution is -0.126. The normalized spacial score (nSPS) is 20.6. The Kier molecular flexibility index (Phi) is 6.95. The van der Waals surface area contributed by atoms with Gasteiger partial charge in [-0.1, -0.05) is 18.2 Å². The zero-order valence-electron chi connectivity index (χ0n) is 19.8. The molecule has 8 nitrogen and oxygen atoms in total. The molecule has 9 heteroatoms. The maximum absolute atomic E-state index is 13.4. The summed E-state index contributed by atoms with van der Waals surface area (Å²) in [5.41, 5.74) is 2.49. The SMILES string of the molecule is COc1ccccc1CNC(=O)[C@H]1CCCN(S(=O)(=O)c2ccc3c(c2)C[C@H](C)N3C(C)=O)C1. The average molecular weight is 486 g/mol. The summed E-state index contributed by atoms with van der Waals surface area (Å²) >= 11 is 0. The van der Waals surface area contributed by atoms with E-state index >= 15 is 0 Å². The molecule has 1 N–H and O–H groups in total. The monoisotopic (exact) mass is 485 g/mol. The number of nitrogens with one attached hydrogen (secondary N) is 1. The number of anilines is 1. The van der Waals surface area contributed by atoms with Gasteiger partial charge in [0.2, 0.25) is 21.8 Å². The molecule has 0 spiro atoms. The van der Waals surface area contributed by atoms with E-state index in [0.717, 1.165) is 16.8 Å². The van der Waals surface area contributed by atoms with Crippen LogP contribution in [0, 0.1) is 5.92 Å². The molecule has 1 saturated heterocycles. The van der Waals surface area contributed by atoms with Crippen molar-refractivity contribution >= 4 is 27.5 Å². The van der Waals surface area contributed by atoms with Crippen LogP contribution >= 0.6 is 0 Å². The zero-order chi connectivity index (χ0) is 24.5. The number of fused-ring (bicyclic) bond motifs is 1. The first-order valence-electron chi connectivity index (χ1n) is 11.5. The lowest BCUT2D eigenvalue weighted by Crippen LogP contribution is -2.45. The predicted molar refractivity (Wildman–Crippen MR) is 129 cm³/mol. The summed E-state index contributed by atoms with van der Waals surface area (Å²) in [7, 11) is -2.17.